The molecule has 0 unspecified atom stereocenters. The number of aryl methyl sites for hydroxylation is 2. The fourth-order valence-electron chi connectivity index (χ4n) is 3.76. The Bertz CT molecular complexity index is 1270. The first-order valence-electron chi connectivity index (χ1n) is 8.99. The lowest BCUT2D eigenvalue weighted by Gasteiger charge is -2.09. The van der Waals surface area contributed by atoms with Crippen LogP contribution < -0.4 is 5.56 Å². The van der Waals surface area contributed by atoms with Crippen molar-refractivity contribution in [3.05, 3.63) is 69.1 Å². The van der Waals surface area contributed by atoms with Crippen LogP contribution in [0.4, 0.5) is 0 Å². The Morgan fingerprint density at radius 2 is 2.00 bits per heavy atom. The second-order valence-electron chi connectivity index (χ2n) is 6.75. The molecule has 2 heterocycles. The van der Waals surface area contributed by atoms with E-state index in [2.05, 4.69) is 10.1 Å². The molecule has 0 fully saturated rings. The molecule has 0 radical (unpaired) electrons. The number of thiophene rings is 1. The van der Waals surface area contributed by atoms with Crippen LogP contribution in [0.1, 0.15) is 28.8 Å². The quantitative estimate of drug-likeness (QED) is 0.537. The lowest BCUT2D eigenvalue weighted by atomic mass is 9.97. The molecule has 5 rings (SSSR count). The molecule has 0 saturated heterocycles. The van der Waals surface area contributed by atoms with Gasteiger partial charge in [-0.1, -0.05) is 30.3 Å². The summed E-state index contributed by atoms with van der Waals surface area (Å²) in [5.41, 5.74) is 1.60. The summed E-state index contributed by atoms with van der Waals surface area (Å²) in [5, 5.41) is 17.2. The second kappa shape index (κ2) is 6.32. The van der Waals surface area contributed by atoms with E-state index in [0.717, 1.165) is 40.4 Å². The van der Waals surface area contributed by atoms with E-state index >= 15 is 0 Å². The molecule has 0 aliphatic heterocycles. The molecule has 4 aromatic rings. The number of aromatic nitrogens is 2. The minimum atomic E-state index is -0.143. The molecular formula is C21H17N3O2S. The van der Waals surface area contributed by atoms with E-state index in [9.17, 15) is 9.90 Å². The zero-order valence-electron chi connectivity index (χ0n) is 14.6. The molecule has 1 aliphatic rings. The largest absolute Gasteiger partial charge is 0.507 e. The fraction of sp³-hybridized carbons (Fsp3) is 0.190. The van der Waals surface area contributed by atoms with Gasteiger partial charge in [-0.3, -0.25) is 4.79 Å². The highest BCUT2D eigenvalue weighted by Gasteiger charge is 2.19. The number of hydrogen-bond acceptors (Lipinski definition) is 5. The van der Waals surface area contributed by atoms with Gasteiger partial charge in [0, 0.05) is 10.4 Å². The lowest BCUT2D eigenvalue weighted by Crippen LogP contribution is -2.18. The number of rotatable bonds is 2. The van der Waals surface area contributed by atoms with Crippen LogP contribution >= 0.6 is 11.3 Å². The molecule has 0 bridgehead atoms. The zero-order chi connectivity index (χ0) is 18.4. The van der Waals surface area contributed by atoms with E-state index in [1.54, 1.807) is 17.4 Å². The second-order valence-corrected chi connectivity index (χ2v) is 7.83. The molecule has 2 aromatic heterocycles. The Balaban J connectivity index is 1.64. The van der Waals surface area contributed by atoms with Crippen LogP contribution in [0, 0.1) is 0 Å². The molecule has 27 heavy (non-hydrogen) atoms. The standard InChI is InChI=1S/C21H17N3O2S/c25-17-10-9-13-5-1-2-6-14(13)16(17)11-23-24-12-22-20-19(21(24)26)15-7-3-4-8-18(15)27-20/h1-2,5-6,9-12,25H,3-4,7-8H2. The Morgan fingerprint density at radius 1 is 1.15 bits per heavy atom. The van der Waals surface area contributed by atoms with Crippen LogP contribution in [0.15, 0.2) is 52.6 Å². The van der Waals surface area contributed by atoms with Gasteiger partial charge in [0.25, 0.3) is 5.56 Å². The van der Waals surface area contributed by atoms with Crippen LogP contribution in [0.3, 0.4) is 0 Å². The monoisotopic (exact) mass is 375 g/mol. The Labute approximate surface area is 159 Å². The number of fused-ring (bicyclic) bond motifs is 4. The number of phenolic OH excluding ortho intramolecular Hbond substituents is 1. The topological polar surface area (TPSA) is 67.5 Å². The third kappa shape index (κ3) is 2.64. The Hall–Kier alpha value is -2.99. The van der Waals surface area contributed by atoms with Crippen molar-refractivity contribution in [2.45, 2.75) is 25.7 Å². The summed E-state index contributed by atoms with van der Waals surface area (Å²) < 4.78 is 1.27. The first-order chi connectivity index (χ1) is 13.2. The molecule has 0 amide bonds. The SMILES string of the molecule is O=c1c2c3c(sc2ncn1N=Cc1c(O)ccc2ccccc12)CCCC3. The maximum atomic E-state index is 13.0. The van der Waals surface area contributed by atoms with E-state index in [0.29, 0.717) is 10.9 Å². The summed E-state index contributed by atoms with van der Waals surface area (Å²) in [6.45, 7) is 0. The van der Waals surface area contributed by atoms with Gasteiger partial charge in [-0.15, -0.1) is 11.3 Å². The van der Waals surface area contributed by atoms with Gasteiger partial charge >= 0.3 is 0 Å². The summed E-state index contributed by atoms with van der Waals surface area (Å²) in [7, 11) is 0. The highest BCUT2D eigenvalue weighted by molar-refractivity contribution is 7.18. The van der Waals surface area contributed by atoms with Crippen LogP contribution in [0.25, 0.3) is 21.0 Å². The molecule has 2 aromatic carbocycles. The smallest absolute Gasteiger partial charge is 0.282 e. The van der Waals surface area contributed by atoms with Crippen molar-refractivity contribution in [3.8, 4) is 5.75 Å². The van der Waals surface area contributed by atoms with Gasteiger partial charge in [-0.2, -0.15) is 9.78 Å². The highest BCUT2D eigenvalue weighted by atomic mass is 32.1. The summed E-state index contributed by atoms with van der Waals surface area (Å²) in [6, 6.07) is 11.3. The summed E-state index contributed by atoms with van der Waals surface area (Å²) >= 11 is 1.63. The van der Waals surface area contributed by atoms with Crippen LogP contribution in [0.2, 0.25) is 0 Å². The highest BCUT2D eigenvalue weighted by Crippen LogP contribution is 2.33. The number of nitrogens with zero attached hydrogens (tertiary/aromatic N) is 3. The van der Waals surface area contributed by atoms with Gasteiger partial charge in [-0.25, -0.2) is 4.98 Å². The van der Waals surface area contributed by atoms with E-state index in [-0.39, 0.29) is 11.3 Å². The number of aromatic hydroxyl groups is 1. The van der Waals surface area contributed by atoms with Crippen molar-refractivity contribution in [2.75, 3.05) is 0 Å². The third-order valence-electron chi connectivity index (χ3n) is 5.12. The minimum absolute atomic E-state index is 0.132. The van der Waals surface area contributed by atoms with Gasteiger partial charge < -0.3 is 5.11 Å². The van der Waals surface area contributed by atoms with Gasteiger partial charge in [0.2, 0.25) is 0 Å². The summed E-state index contributed by atoms with van der Waals surface area (Å²) in [6.07, 6.45) is 7.25. The van der Waals surface area contributed by atoms with Gasteiger partial charge in [0.15, 0.2) is 0 Å². The van der Waals surface area contributed by atoms with E-state index in [1.807, 2.05) is 30.3 Å². The van der Waals surface area contributed by atoms with Crippen LogP contribution in [-0.2, 0) is 12.8 Å². The van der Waals surface area contributed by atoms with Crippen molar-refractivity contribution >= 4 is 38.5 Å². The molecule has 6 heteroatoms. The normalized spacial score (nSPS) is 14.2. The van der Waals surface area contributed by atoms with Crippen LogP contribution in [0.5, 0.6) is 5.75 Å². The van der Waals surface area contributed by atoms with Crippen LogP contribution in [-0.4, -0.2) is 21.0 Å². The number of benzene rings is 2. The first kappa shape index (κ1) is 16.2. The Kier molecular flexibility index (Phi) is 3.79. The first-order valence-corrected chi connectivity index (χ1v) is 9.81. The minimum Gasteiger partial charge on any atom is -0.507 e. The Morgan fingerprint density at radius 3 is 2.93 bits per heavy atom. The third-order valence-corrected chi connectivity index (χ3v) is 6.32. The van der Waals surface area contributed by atoms with Crippen molar-refractivity contribution in [1.82, 2.24) is 9.66 Å². The summed E-state index contributed by atoms with van der Waals surface area (Å²) in [5.74, 6) is 0.132. The van der Waals surface area contributed by atoms with E-state index in [4.69, 9.17) is 0 Å². The molecule has 134 valence electrons. The zero-order valence-corrected chi connectivity index (χ0v) is 15.4. The van der Waals surface area contributed by atoms with Gasteiger partial charge in [0.05, 0.1) is 11.6 Å². The average molecular weight is 375 g/mol. The van der Waals surface area contributed by atoms with Crippen molar-refractivity contribution in [3.63, 3.8) is 0 Å². The number of hydrogen-bond donors (Lipinski definition) is 1. The molecule has 0 spiro atoms. The number of phenols is 1. The van der Waals surface area contributed by atoms with Gasteiger partial charge in [0.1, 0.15) is 16.9 Å². The molecule has 0 atom stereocenters. The predicted molar refractivity (Wildman–Crippen MR) is 109 cm³/mol. The lowest BCUT2D eigenvalue weighted by molar-refractivity contribution is 0.475. The molecular weight excluding hydrogens is 358 g/mol. The van der Waals surface area contributed by atoms with Crippen molar-refractivity contribution in [2.24, 2.45) is 5.10 Å². The van der Waals surface area contributed by atoms with Crippen molar-refractivity contribution < 1.29 is 5.11 Å². The fourth-order valence-corrected chi connectivity index (χ4v) is 4.98. The molecule has 0 saturated carbocycles. The molecule has 1 N–H and O–H groups in total. The predicted octanol–water partition coefficient (Wildman–Crippen LogP) is 4.08. The molecule has 5 nitrogen and oxygen atoms in total. The van der Waals surface area contributed by atoms with Gasteiger partial charge in [-0.05, 0) is 48.1 Å². The summed E-state index contributed by atoms with van der Waals surface area (Å²) in [4.78, 5) is 19.5. The molecule has 1 aliphatic carbocycles. The van der Waals surface area contributed by atoms with E-state index in [1.165, 1.54) is 28.5 Å². The average Bonchev–Trinajstić information content (AvgIpc) is 3.08. The maximum absolute atomic E-state index is 13.0. The van der Waals surface area contributed by atoms with E-state index < -0.39 is 0 Å². The maximum Gasteiger partial charge on any atom is 0.282 e. The van der Waals surface area contributed by atoms with Crippen molar-refractivity contribution in [1.29, 1.82) is 0 Å².